The Bertz CT molecular complexity index is 572. The number of rotatable bonds is 3. The molecule has 4 nitrogen and oxygen atoms in total. The summed E-state index contributed by atoms with van der Waals surface area (Å²) in [6, 6.07) is 9.66. The Morgan fingerprint density at radius 2 is 1.94 bits per heavy atom. The zero-order valence-electron chi connectivity index (χ0n) is 8.75. The molecule has 0 aliphatic rings. The van der Waals surface area contributed by atoms with E-state index in [0.717, 1.165) is 11.8 Å². The lowest BCUT2D eigenvalue weighted by atomic mass is 10.1. The molecule has 1 heterocycles. The van der Waals surface area contributed by atoms with Crippen LogP contribution in [0.1, 0.15) is 11.3 Å². The fourth-order valence-corrected chi connectivity index (χ4v) is 1.84. The molecule has 84 valence electrons. The van der Waals surface area contributed by atoms with Crippen molar-refractivity contribution in [1.29, 1.82) is 0 Å². The molecule has 0 amide bonds. The van der Waals surface area contributed by atoms with Gasteiger partial charge in [-0.1, -0.05) is 30.3 Å². The van der Waals surface area contributed by atoms with Gasteiger partial charge in [0.2, 0.25) is 9.84 Å². The second-order valence-corrected chi connectivity index (χ2v) is 5.42. The fourth-order valence-electron chi connectivity index (χ4n) is 1.34. The van der Waals surface area contributed by atoms with E-state index in [-0.39, 0.29) is 5.22 Å². The summed E-state index contributed by atoms with van der Waals surface area (Å²) in [6.07, 6.45) is 3.07. The summed E-state index contributed by atoms with van der Waals surface area (Å²) in [6.45, 7) is 0. The van der Waals surface area contributed by atoms with Crippen LogP contribution in [-0.4, -0.2) is 19.7 Å². The molecule has 1 aromatic carbocycles. The summed E-state index contributed by atoms with van der Waals surface area (Å²) < 4.78 is 27.4. The smallest absolute Gasteiger partial charge is 0.314 e. The second kappa shape index (κ2) is 4.09. The summed E-state index contributed by atoms with van der Waals surface area (Å²) in [4.78, 5) is 3.73. The fraction of sp³-hybridized carbons (Fsp3) is 0.182. The van der Waals surface area contributed by atoms with Crippen LogP contribution in [0, 0.1) is 0 Å². The molecule has 0 atom stereocenters. The minimum Gasteiger partial charge on any atom is -0.433 e. The van der Waals surface area contributed by atoms with Gasteiger partial charge in [-0.15, -0.1) is 0 Å². The van der Waals surface area contributed by atoms with Crippen LogP contribution in [0.4, 0.5) is 0 Å². The molecular weight excluding hydrogens is 226 g/mol. The standard InChI is InChI=1S/C11H11NO3S/c1-16(13,14)11-12-8-10(15-11)7-9-5-3-2-4-6-9/h2-6,8H,7H2,1H3. The molecule has 0 aliphatic heterocycles. The summed E-state index contributed by atoms with van der Waals surface area (Å²) in [7, 11) is -3.35. The third-order valence-corrected chi connectivity index (χ3v) is 2.89. The Labute approximate surface area is 93.9 Å². The highest BCUT2D eigenvalue weighted by molar-refractivity contribution is 7.90. The maximum atomic E-state index is 11.1. The SMILES string of the molecule is CS(=O)(=O)c1ncc(Cc2ccccc2)o1. The number of hydrogen-bond acceptors (Lipinski definition) is 4. The third-order valence-electron chi connectivity index (χ3n) is 2.07. The number of aromatic nitrogens is 1. The van der Waals surface area contributed by atoms with Crippen LogP contribution < -0.4 is 0 Å². The van der Waals surface area contributed by atoms with E-state index in [4.69, 9.17) is 4.42 Å². The second-order valence-electron chi connectivity index (χ2n) is 3.53. The van der Waals surface area contributed by atoms with Crippen molar-refractivity contribution in [1.82, 2.24) is 4.98 Å². The first-order valence-electron chi connectivity index (χ1n) is 4.74. The van der Waals surface area contributed by atoms with Gasteiger partial charge in [0.05, 0.1) is 6.20 Å². The topological polar surface area (TPSA) is 60.2 Å². The van der Waals surface area contributed by atoms with E-state index in [1.54, 1.807) is 0 Å². The Balaban J connectivity index is 2.22. The van der Waals surface area contributed by atoms with Crippen molar-refractivity contribution in [2.24, 2.45) is 0 Å². The molecular formula is C11H11NO3S. The van der Waals surface area contributed by atoms with E-state index in [2.05, 4.69) is 4.98 Å². The van der Waals surface area contributed by atoms with E-state index >= 15 is 0 Å². The molecule has 0 saturated heterocycles. The predicted octanol–water partition coefficient (Wildman–Crippen LogP) is 1.67. The molecule has 0 spiro atoms. The largest absolute Gasteiger partial charge is 0.433 e. The zero-order chi connectivity index (χ0) is 11.6. The van der Waals surface area contributed by atoms with E-state index in [1.165, 1.54) is 6.20 Å². The van der Waals surface area contributed by atoms with Crippen molar-refractivity contribution in [2.75, 3.05) is 6.26 Å². The van der Waals surface area contributed by atoms with E-state index < -0.39 is 9.84 Å². The quantitative estimate of drug-likeness (QED) is 0.814. The predicted molar refractivity (Wildman–Crippen MR) is 58.9 cm³/mol. The van der Waals surface area contributed by atoms with Crippen molar-refractivity contribution < 1.29 is 12.8 Å². The van der Waals surface area contributed by atoms with Crippen LogP contribution in [0.25, 0.3) is 0 Å². The van der Waals surface area contributed by atoms with Crippen LogP contribution in [0.3, 0.4) is 0 Å². The molecule has 2 aromatic rings. The van der Waals surface area contributed by atoms with Gasteiger partial charge in [-0.25, -0.2) is 13.4 Å². The number of sulfone groups is 1. The Morgan fingerprint density at radius 3 is 2.50 bits per heavy atom. The molecule has 0 unspecified atom stereocenters. The van der Waals surface area contributed by atoms with Gasteiger partial charge in [-0.2, -0.15) is 0 Å². The zero-order valence-corrected chi connectivity index (χ0v) is 9.57. The van der Waals surface area contributed by atoms with Gasteiger partial charge in [0, 0.05) is 12.7 Å². The van der Waals surface area contributed by atoms with Gasteiger partial charge in [-0.3, -0.25) is 0 Å². The first-order chi connectivity index (χ1) is 7.55. The highest BCUT2D eigenvalue weighted by Gasteiger charge is 2.14. The molecule has 5 heteroatoms. The van der Waals surface area contributed by atoms with Crippen LogP contribution in [0.5, 0.6) is 0 Å². The van der Waals surface area contributed by atoms with Gasteiger partial charge in [-0.05, 0) is 5.56 Å². The average Bonchev–Trinajstić information content (AvgIpc) is 2.67. The number of hydrogen-bond donors (Lipinski definition) is 0. The van der Waals surface area contributed by atoms with Crippen LogP contribution in [0.15, 0.2) is 46.2 Å². The molecule has 0 N–H and O–H groups in total. The van der Waals surface area contributed by atoms with Crippen molar-refractivity contribution >= 4 is 9.84 Å². The lowest BCUT2D eigenvalue weighted by molar-refractivity contribution is 0.405. The normalized spacial score (nSPS) is 11.6. The molecule has 0 fully saturated rings. The Kier molecular flexibility index (Phi) is 2.78. The third kappa shape index (κ3) is 2.49. The molecule has 0 radical (unpaired) electrons. The minimum atomic E-state index is -3.35. The van der Waals surface area contributed by atoms with Gasteiger partial charge >= 0.3 is 5.22 Å². The van der Waals surface area contributed by atoms with Crippen LogP contribution in [-0.2, 0) is 16.3 Å². The average molecular weight is 237 g/mol. The Hall–Kier alpha value is -1.62. The molecule has 1 aromatic heterocycles. The monoisotopic (exact) mass is 237 g/mol. The van der Waals surface area contributed by atoms with Gasteiger partial charge in [0.1, 0.15) is 5.76 Å². The molecule has 16 heavy (non-hydrogen) atoms. The summed E-state index contributed by atoms with van der Waals surface area (Å²) in [5, 5.41) is -0.224. The van der Waals surface area contributed by atoms with Gasteiger partial charge < -0.3 is 4.42 Å². The highest BCUT2D eigenvalue weighted by Crippen LogP contribution is 2.13. The van der Waals surface area contributed by atoms with Crippen LogP contribution in [0.2, 0.25) is 0 Å². The maximum Gasteiger partial charge on any atom is 0.314 e. The van der Waals surface area contributed by atoms with Crippen LogP contribution >= 0.6 is 0 Å². The van der Waals surface area contributed by atoms with E-state index in [9.17, 15) is 8.42 Å². The van der Waals surface area contributed by atoms with E-state index in [0.29, 0.717) is 12.2 Å². The van der Waals surface area contributed by atoms with E-state index in [1.807, 2.05) is 30.3 Å². The summed E-state index contributed by atoms with van der Waals surface area (Å²) in [5.74, 6) is 0.548. The first kappa shape index (κ1) is 10.9. The van der Waals surface area contributed by atoms with Crippen molar-refractivity contribution in [3.05, 3.63) is 47.9 Å². The first-order valence-corrected chi connectivity index (χ1v) is 6.63. The van der Waals surface area contributed by atoms with Crippen molar-refractivity contribution in [3.63, 3.8) is 0 Å². The summed E-state index contributed by atoms with van der Waals surface area (Å²) in [5.41, 5.74) is 1.05. The van der Waals surface area contributed by atoms with Crippen molar-refractivity contribution in [3.8, 4) is 0 Å². The summed E-state index contributed by atoms with van der Waals surface area (Å²) >= 11 is 0. The lowest BCUT2D eigenvalue weighted by Gasteiger charge is -1.96. The number of nitrogens with zero attached hydrogens (tertiary/aromatic N) is 1. The van der Waals surface area contributed by atoms with Gasteiger partial charge in [0.15, 0.2) is 0 Å². The molecule has 2 rings (SSSR count). The van der Waals surface area contributed by atoms with Gasteiger partial charge in [0.25, 0.3) is 0 Å². The number of benzene rings is 1. The lowest BCUT2D eigenvalue weighted by Crippen LogP contribution is -1.96. The maximum absolute atomic E-state index is 11.1. The molecule has 0 saturated carbocycles. The number of oxazole rings is 1. The Morgan fingerprint density at radius 1 is 1.25 bits per heavy atom. The molecule has 0 bridgehead atoms. The highest BCUT2D eigenvalue weighted by atomic mass is 32.2. The van der Waals surface area contributed by atoms with Crippen molar-refractivity contribution in [2.45, 2.75) is 11.6 Å². The minimum absolute atomic E-state index is 0.224. The molecule has 0 aliphatic carbocycles.